The van der Waals surface area contributed by atoms with Gasteiger partial charge in [-0.25, -0.2) is 0 Å². The Morgan fingerprint density at radius 3 is 2.12 bits per heavy atom. The summed E-state index contributed by atoms with van der Waals surface area (Å²) in [7, 11) is 0. The van der Waals surface area contributed by atoms with E-state index in [2.05, 4.69) is 0 Å². The molecule has 0 N–H and O–H groups in total. The lowest BCUT2D eigenvalue weighted by Crippen LogP contribution is -2.12. The Hall–Kier alpha value is -2.03. The predicted molar refractivity (Wildman–Crippen MR) is 58.6 cm³/mol. The Morgan fingerprint density at radius 1 is 1.00 bits per heavy atom. The van der Waals surface area contributed by atoms with Crippen molar-refractivity contribution in [1.29, 1.82) is 0 Å². The van der Waals surface area contributed by atoms with Gasteiger partial charge in [0.2, 0.25) is 11.6 Å². The lowest BCUT2D eigenvalue weighted by Gasteiger charge is -1.95. The van der Waals surface area contributed by atoms with E-state index in [0.29, 0.717) is 0 Å². The minimum absolute atomic E-state index is 0.00343. The molecule has 1 saturated carbocycles. The molecule has 0 saturated heterocycles. The molecule has 0 radical (unpaired) electrons. The van der Waals surface area contributed by atoms with Crippen molar-refractivity contribution >= 4 is 23.4 Å². The Labute approximate surface area is 92.8 Å². The Kier molecular flexibility index (Phi) is 2.52. The predicted octanol–water partition coefficient (Wildman–Crippen LogP) is 1.43. The molecule has 0 heterocycles. The van der Waals surface area contributed by atoms with Gasteiger partial charge in [0.25, 0.3) is 0 Å². The van der Waals surface area contributed by atoms with Crippen molar-refractivity contribution in [3.05, 3.63) is 41.5 Å². The molecule has 1 fully saturated rings. The summed E-state index contributed by atoms with van der Waals surface area (Å²) in [4.78, 5) is 34.4. The number of Topliss-reactive ketones (excluding diaryl/α,β-unsaturated/α-hetero) is 3. The van der Waals surface area contributed by atoms with Crippen LogP contribution in [0.3, 0.4) is 0 Å². The van der Waals surface area contributed by atoms with Gasteiger partial charge in [-0.15, -0.1) is 0 Å². The third-order valence-corrected chi connectivity index (χ3v) is 2.63. The standard InChI is InChI=1S/C13H10O3/c1-8-11(14)10(13(16)12(8)15)7-9-5-3-2-4-6-9/h2-8H,1H3/b10-7-. The summed E-state index contributed by atoms with van der Waals surface area (Å²) in [6.07, 6.45) is 1.48. The molecule has 1 unspecified atom stereocenters. The van der Waals surface area contributed by atoms with Crippen molar-refractivity contribution < 1.29 is 14.4 Å². The molecule has 80 valence electrons. The Bertz CT molecular complexity index is 497. The van der Waals surface area contributed by atoms with Crippen LogP contribution in [0, 0.1) is 5.92 Å². The third-order valence-electron chi connectivity index (χ3n) is 2.63. The summed E-state index contributed by atoms with van der Waals surface area (Å²) in [5, 5.41) is 0. The van der Waals surface area contributed by atoms with Gasteiger partial charge in [0.05, 0.1) is 11.5 Å². The first kappa shape index (κ1) is 10.5. The van der Waals surface area contributed by atoms with E-state index in [4.69, 9.17) is 0 Å². The molecule has 3 nitrogen and oxygen atoms in total. The number of benzene rings is 1. The lowest BCUT2D eigenvalue weighted by atomic mass is 10.1. The van der Waals surface area contributed by atoms with Crippen LogP contribution >= 0.6 is 0 Å². The second-order valence-electron chi connectivity index (χ2n) is 3.75. The van der Waals surface area contributed by atoms with E-state index in [1.54, 1.807) is 12.1 Å². The average Bonchev–Trinajstić information content (AvgIpc) is 2.48. The minimum Gasteiger partial charge on any atom is -0.293 e. The molecule has 0 aromatic heterocycles. The van der Waals surface area contributed by atoms with Crippen molar-refractivity contribution in [3.8, 4) is 0 Å². The summed E-state index contributed by atoms with van der Waals surface area (Å²) < 4.78 is 0. The number of hydrogen-bond acceptors (Lipinski definition) is 3. The monoisotopic (exact) mass is 214 g/mol. The highest BCUT2D eigenvalue weighted by molar-refractivity contribution is 6.60. The first-order chi connectivity index (χ1) is 7.61. The smallest absolute Gasteiger partial charge is 0.232 e. The van der Waals surface area contributed by atoms with Crippen LogP contribution in [0.5, 0.6) is 0 Å². The van der Waals surface area contributed by atoms with E-state index in [1.807, 2.05) is 18.2 Å². The molecular weight excluding hydrogens is 204 g/mol. The van der Waals surface area contributed by atoms with Crippen molar-refractivity contribution in [1.82, 2.24) is 0 Å². The zero-order valence-electron chi connectivity index (χ0n) is 8.77. The molecule has 1 aromatic rings. The molecule has 1 aliphatic carbocycles. The molecule has 0 amide bonds. The van der Waals surface area contributed by atoms with E-state index < -0.39 is 17.5 Å². The van der Waals surface area contributed by atoms with Crippen molar-refractivity contribution in [2.45, 2.75) is 6.92 Å². The van der Waals surface area contributed by atoms with E-state index in [9.17, 15) is 14.4 Å². The highest BCUT2D eigenvalue weighted by Gasteiger charge is 2.41. The number of ketones is 3. The van der Waals surface area contributed by atoms with E-state index >= 15 is 0 Å². The van der Waals surface area contributed by atoms with E-state index in [-0.39, 0.29) is 11.4 Å². The van der Waals surface area contributed by atoms with Gasteiger partial charge in [0.15, 0.2) is 5.78 Å². The van der Waals surface area contributed by atoms with Gasteiger partial charge in [-0.2, -0.15) is 0 Å². The molecule has 1 aromatic carbocycles. The number of carbonyl (C=O) groups is 3. The first-order valence-corrected chi connectivity index (χ1v) is 5.01. The van der Waals surface area contributed by atoms with Crippen LogP contribution in [0.15, 0.2) is 35.9 Å². The van der Waals surface area contributed by atoms with Gasteiger partial charge in [0, 0.05) is 0 Å². The van der Waals surface area contributed by atoms with Gasteiger partial charge in [-0.1, -0.05) is 30.3 Å². The van der Waals surface area contributed by atoms with E-state index in [0.717, 1.165) is 5.56 Å². The van der Waals surface area contributed by atoms with Crippen molar-refractivity contribution in [2.75, 3.05) is 0 Å². The summed E-state index contributed by atoms with van der Waals surface area (Å²) in [5.41, 5.74) is 0.754. The van der Waals surface area contributed by atoms with Gasteiger partial charge in [0.1, 0.15) is 0 Å². The van der Waals surface area contributed by atoms with Gasteiger partial charge in [-0.05, 0) is 18.6 Å². The molecular formula is C13H10O3. The maximum absolute atomic E-state index is 11.6. The molecule has 1 aliphatic rings. The summed E-state index contributed by atoms with van der Waals surface area (Å²) >= 11 is 0. The SMILES string of the molecule is CC1C(=O)C(=O)/C(=C\c2ccccc2)C1=O. The summed E-state index contributed by atoms with van der Waals surface area (Å²) in [6, 6.07) is 9.01. The second kappa shape index (κ2) is 3.85. The Balaban J connectivity index is 2.43. The number of allylic oxidation sites excluding steroid dienone is 1. The fourth-order valence-electron chi connectivity index (χ4n) is 1.65. The highest BCUT2D eigenvalue weighted by Crippen LogP contribution is 2.22. The molecule has 0 aliphatic heterocycles. The number of hydrogen-bond donors (Lipinski definition) is 0. The van der Waals surface area contributed by atoms with Crippen LogP contribution < -0.4 is 0 Å². The molecule has 3 heteroatoms. The highest BCUT2D eigenvalue weighted by atomic mass is 16.2. The van der Waals surface area contributed by atoms with Gasteiger partial charge < -0.3 is 0 Å². The maximum atomic E-state index is 11.6. The van der Waals surface area contributed by atoms with Crippen LogP contribution in [0.4, 0.5) is 0 Å². The number of rotatable bonds is 1. The van der Waals surface area contributed by atoms with Crippen LogP contribution in [0.1, 0.15) is 12.5 Å². The molecule has 0 bridgehead atoms. The van der Waals surface area contributed by atoms with Gasteiger partial charge >= 0.3 is 0 Å². The Morgan fingerprint density at radius 2 is 1.62 bits per heavy atom. The second-order valence-corrected chi connectivity index (χ2v) is 3.75. The minimum atomic E-state index is -0.817. The first-order valence-electron chi connectivity index (χ1n) is 5.01. The van der Waals surface area contributed by atoms with Crippen LogP contribution in [-0.2, 0) is 14.4 Å². The zero-order chi connectivity index (χ0) is 11.7. The van der Waals surface area contributed by atoms with Crippen LogP contribution in [0.2, 0.25) is 0 Å². The molecule has 2 rings (SSSR count). The maximum Gasteiger partial charge on any atom is 0.232 e. The number of carbonyl (C=O) groups excluding carboxylic acids is 3. The summed E-state index contributed by atoms with van der Waals surface area (Å²) in [6.45, 7) is 1.47. The summed E-state index contributed by atoms with van der Waals surface area (Å²) in [5.74, 6) is -2.46. The molecule has 0 spiro atoms. The molecule has 16 heavy (non-hydrogen) atoms. The zero-order valence-corrected chi connectivity index (χ0v) is 8.77. The van der Waals surface area contributed by atoms with Crippen LogP contribution in [0.25, 0.3) is 6.08 Å². The van der Waals surface area contributed by atoms with Crippen molar-refractivity contribution in [2.24, 2.45) is 5.92 Å². The van der Waals surface area contributed by atoms with E-state index in [1.165, 1.54) is 13.0 Å². The largest absolute Gasteiger partial charge is 0.293 e. The van der Waals surface area contributed by atoms with Gasteiger partial charge in [-0.3, -0.25) is 14.4 Å². The fraction of sp³-hybridized carbons (Fsp3) is 0.154. The normalized spacial score (nSPS) is 23.2. The van der Waals surface area contributed by atoms with Crippen LogP contribution in [-0.4, -0.2) is 17.3 Å². The average molecular weight is 214 g/mol. The topological polar surface area (TPSA) is 51.2 Å². The lowest BCUT2D eigenvalue weighted by molar-refractivity contribution is -0.135. The quantitative estimate of drug-likeness (QED) is 0.307. The van der Waals surface area contributed by atoms with Crippen molar-refractivity contribution in [3.63, 3.8) is 0 Å². The fourth-order valence-corrected chi connectivity index (χ4v) is 1.65. The molecule has 1 atom stereocenters. The third kappa shape index (κ3) is 1.60.